The van der Waals surface area contributed by atoms with Crippen molar-refractivity contribution in [2.24, 2.45) is 0 Å². The van der Waals surface area contributed by atoms with Gasteiger partial charge in [-0.05, 0) is 40.0 Å². The number of aliphatic hydroxyl groups is 1. The van der Waals surface area contributed by atoms with Gasteiger partial charge in [-0.25, -0.2) is 9.97 Å². The van der Waals surface area contributed by atoms with Crippen molar-refractivity contribution in [3.8, 4) is 28.4 Å². The van der Waals surface area contributed by atoms with Gasteiger partial charge in [0.25, 0.3) is 5.91 Å². The number of aliphatic hydroxyl groups excluding tert-OH is 1. The maximum atomic E-state index is 12.9. The van der Waals surface area contributed by atoms with Crippen LogP contribution >= 0.6 is 0 Å². The molecule has 1 aliphatic rings. The molecule has 204 valence electrons. The van der Waals surface area contributed by atoms with Crippen LogP contribution in [-0.2, 0) is 4.79 Å². The lowest BCUT2D eigenvalue weighted by Gasteiger charge is -2.36. The number of carbonyl (C=O) groups excluding carboxylic acids is 1. The first kappa shape index (κ1) is 27.4. The van der Waals surface area contributed by atoms with Crippen LogP contribution in [0.1, 0.15) is 17.0 Å². The molecule has 12 heteroatoms. The maximum Gasteiger partial charge on any atom is 0.315 e. The van der Waals surface area contributed by atoms with Crippen molar-refractivity contribution in [3.05, 3.63) is 41.3 Å². The highest BCUT2D eigenvalue weighted by Gasteiger charge is 2.29. The minimum atomic E-state index is -3.02. The van der Waals surface area contributed by atoms with Gasteiger partial charge in [-0.2, -0.15) is 8.78 Å². The van der Waals surface area contributed by atoms with E-state index in [1.54, 1.807) is 19.2 Å². The fraction of sp³-hybridized carbons (Fsp3) is 0.462. The number of piperazine rings is 1. The Morgan fingerprint density at radius 1 is 1.18 bits per heavy atom. The molecule has 0 aliphatic carbocycles. The van der Waals surface area contributed by atoms with Gasteiger partial charge in [0.15, 0.2) is 5.82 Å². The summed E-state index contributed by atoms with van der Waals surface area (Å²) in [7, 11) is 1.75. The topological polar surface area (TPSA) is 117 Å². The standard InChI is InChI=1S/C26H32F2N6O4/c1-15-22(21-16(2)32-38-17(21)3)30-24(18-6-5-7-20(12-18)37-14-19(35)13-29-4)31-25(15)33-8-10-34(11-9-33)26(36)23(27)28/h5-7,12,19,23,29,35H,8-11,13-14H2,1-4H3. The van der Waals surface area contributed by atoms with E-state index in [0.717, 1.165) is 11.1 Å². The van der Waals surface area contributed by atoms with Crippen molar-refractivity contribution in [2.75, 3.05) is 51.3 Å². The number of hydrogen-bond donors (Lipinski definition) is 2. The number of aromatic nitrogens is 3. The van der Waals surface area contributed by atoms with Crippen molar-refractivity contribution >= 4 is 11.7 Å². The predicted molar refractivity (Wildman–Crippen MR) is 137 cm³/mol. The van der Waals surface area contributed by atoms with Crippen LogP contribution in [0.4, 0.5) is 14.6 Å². The average molecular weight is 531 g/mol. The largest absolute Gasteiger partial charge is 0.491 e. The van der Waals surface area contributed by atoms with Crippen molar-refractivity contribution in [2.45, 2.75) is 33.3 Å². The SMILES string of the molecule is CNCC(O)COc1cccc(-c2nc(-c3c(C)noc3C)c(C)c(N3CCN(C(=O)C(F)F)CC3)n2)c1. The normalized spacial score (nSPS) is 14.7. The van der Waals surface area contributed by atoms with E-state index in [2.05, 4.69) is 10.5 Å². The molecule has 38 heavy (non-hydrogen) atoms. The van der Waals surface area contributed by atoms with Crippen molar-refractivity contribution in [1.82, 2.24) is 25.3 Å². The van der Waals surface area contributed by atoms with Gasteiger partial charge < -0.3 is 29.5 Å². The van der Waals surface area contributed by atoms with Crippen LogP contribution in [0.5, 0.6) is 5.75 Å². The van der Waals surface area contributed by atoms with Crippen LogP contribution < -0.4 is 15.0 Å². The Hall–Kier alpha value is -3.64. The van der Waals surface area contributed by atoms with Crippen molar-refractivity contribution < 1.29 is 27.9 Å². The molecular formula is C26H32F2N6O4. The summed E-state index contributed by atoms with van der Waals surface area (Å²) < 4.78 is 37.0. The number of amides is 1. The first-order chi connectivity index (χ1) is 18.2. The second kappa shape index (κ2) is 11.8. The second-order valence-electron chi connectivity index (χ2n) is 9.21. The quantitative estimate of drug-likeness (QED) is 0.431. The number of likely N-dealkylation sites (N-methyl/N-ethyl adjacent to an activating group) is 1. The summed E-state index contributed by atoms with van der Waals surface area (Å²) in [6.45, 7) is 7.12. The van der Waals surface area contributed by atoms with Gasteiger partial charge in [-0.3, -0.25) is 4.79 Å². The van der Waals surface area contributed by atoms with Crippen molar-refractivity contribution in [1.29, 1.82) is 0 Å². The van der Waals surface area contributed by atoms with E-state index in [1.165, 1.54) is 4.90 Å². The van der Waals surface area contributed by atoms with Gasteiger partial charge in [0.05, 0.1) is 17.0 Å². The van der Waals surface area contributed by atoms with Crippen LogP contribution in [0, 0.1) is 20.8 Å². The number of halogens is 2. The minimum Gasteiger partial charge on any atom is -0.491 e. The number of hydrogen-bond acceptors (Lipinski definition) is 9. The lowest BCUT2D eigenvalue weighted by atomic mass is 10.0. The molecular weight excluding hydrogens is 498 g/mol. The van der Waals surface area contributed by atoms with Gasteiger partial charge in [-0.15, -0.1) is 0 Å². The number of rotatable bonds is 9. The number of aryl methyl sites for hydroxylation is 2. The molecule has 2 N–H and O–H groups in total. The lowest BCUT2D eigenvalue weighted by molar-refractivity contribution is -0.143. The highest BCUT2D eigenvalue weighted by molar-refractivity contribution is 5.80. The van der Waals surface area contributed by atoms with Gasteiger partial charge in [0.1, 0.15) is 30.0 Å². The third-order valence-corrected chi connectivity index (χ3v) is 6.44. The minimum absolute atomic E-state index is 0.121. The Morgan fingerprint density at radius 3 is 2.55 bits per heavy atom. The molecule has 1 fully saturated rings. The Balaban J connectivity index is 1.70. The molecule has 1 aromatic carbocycles. The van der Waals surface area contributed by atoms with Crippen LogP contribution in [0.15, 0.2) is 28.8 Å². The van der Waals surface area contributed by atoms with Crippen molar-refractivity contribution in [3.63, 3.8) is 0 Å². The fourth-order valence-corrected chi connectivity index (χ4v) is 4.49. The number of nitrogens with zero attached hydrogens (tertiary/aromatic N) is 5. The zero-order valence-electron chi connectivity index (χ0n) is 21.9. The van der Waals surface area contributed by atoms with E-state index in [4.69, 9.17) is 19.2 Å². The number of alkyl halides is 2. The zero-order chi connectivity index (χ0) is 27.4. The van der Waals surface area contributed by atoms with E-state index >= 15 is 0 Å². The molecule has 3 heterocycles. The molecule has 10 nitrogen and oxygen atoms in total. The van der Waals surface area contributed by atoms with Crippen LogP contribution in [-0.4, -0.2) is 89.9 Å². The molecule has 1 unspecified atom stereocenters. The Morgan fingerprint density at radius 2 is 1.92 bits per heavy atom. The van der Waals surface area contributed by atoms with Gasteiger partial charge in [0.2, 0.25) is 0 Å². The first-order valence-corrected chi connectivity index (χ1v) is 12.4. The summed E-state index contributed by atoms with van der Waals surface area (Å²) in [5, 5.41) is 17.0. The van der Waals surface area contributed by atoms with Crippen LogP contribution in [0.25, 0.3) is 22.6 Å². The number of nitrogens with one attached hydrogen (secondary N) is 1. The molecule has 1 aliphatic heterocycles. The molecule has 1 amide bonds. The highest BCUT2D eigenvalue weighted by atomic mass is 19.3. The van der Waals surface area contributed by atoms with Gasteiger partial charge >= 0.3 is 6.43 Å². The molecule has 0 saturated carbocycles. The molecule has 0 radical (unpaired) electrons. The summed E-state index contributed by atoms with van der Waals surface area (Å²) in [6.07, 6.45) is -3.68. The molecule has 1 atom stereocenters. The Labute approximate surface area is 219 Å². The fourth-order valence-electron chi connectivity index (χ4n) is 4.49. The average Bonchev–Trinajstić information content (AvgIpc) is 3.25. The number of anilines is 1. The summed E-state index contributed by atoms with van der Waals surface area (Å²) in [6, 6.07) is 7.28. The molecule has 2 aromatic heterocycles. The second-order valence-corrected chi connectivity index (χ2v) is 9.21. The summed E-state index contributed by atoms with van der Waals surface area (Å²) in [5.74, 6) is 1.10. The molecule has 4 rings (SSSR count). The summed E-state index contributed by atoms with van der Waals surface area (Å²) in [5.41, 5.74) is 3.60. The van der Waals surface area contributed by atoms with E-state index in [0.29, 0.717) is 59.7 Å². The molecule has 3 aromatic rings. The molecule has 0 bridgehead atoms. The van der Waals surface area contributed by atoms with E-state index < -0.39 is 18.4 Å². The van der Waals surface area contributed by atoms with Crippen LogP contribution in [0.3, 0.4) is 0 Å². The number of ether oxygens (including phenoxy) is 1. The van der Waals surface area contributed by atoms with Gasteiger partial charge in [-0.1, -0.05) is 17.3 Å². The van der Waals surface area contributed by atoms with E-state index in [9.17, 15) is 18.7 Å². The highest BCUT2D eigenvalue weighted by Crippen LogP contribution is 2.35. The lowest BCUT2D eigenvalue weighted by Crippen LogP contribution is -2.50. The monoisotopic (exact) mass is 530 g/mol. The molecule has 0 spiro atoms. The van der Waals surface area contributed by atoms with Gasteiger partial charge in [0, 0.05) is 43.9 Å². The number of benzene rings is 1. The third-order valence-electron chi connectivity index (χ3n) is 6.44. The smallest absolute Gasteiger partial charge is 0.315 e. The predicted octanol–water partition coefficient (Wildman–Crippen LogP) is 2.60. The Bertz CT molecular complexity index is 1260. The number of carbonyl (C=O) groups is 1. The Kier molecular flexibility index (Phi) is 8.52. The summed E-state index contributed by atoms with van der Waals surface area (Å²) >= 11 is 0. The maximum absolute atomic E-state index is 12.9. The third kappa shape index (κ3) is 5.91. The summed E-state index contributed by atoms with van der Waals surface area (Å²) in [4.78, 5) is 24.7. The zero-order valence-corrected chi connectivity index (χ0v) is 21.9. The van der Waals surface area contributed by atoms with E-state index in [-0.39, 0.29) is 19.7 Å². The van der Waals surface area contributed by atoms with E-state index in [1.807, 2.05) is 37.8 Å². The first-order valence-electron chi connectivity index (χ1n) is 12.4. The molecule has 1 saturated heterocycles. The van der Waals surface area contributed by atoms with Crippen LogP contribution in [0.2, 0.25) is 0 Å².